The van der Waals surface area contributed by atoms with Gasteiger partial charge in [0.25, 0.3) is 5.91 Å². The van der Waals surface area contributed by atoms with Crippen molar-refractivity contribution in [2.45, 2.75) is 33.2 Å². The summed E-state index contributed by atoms with van der Waals surface area (Å²) in [5.74, 6) is -0.225. The van der Waals surface area contributed by atoms with Crippen LogP contribution in [-0.2, 0) is 0 Å². The van der Waals surface area contributed by atoms with E-state index in [0.717, 1.165) is 30.1 Å². The molecule has 0 heterocycles. The van der Waals surface area contributed by atoms with Crippen molar-refractivity contribution in [3.63, 3.8) is 0 Å². The molecule has 118 valence electrons. The molecule has 3 nitrogen and oxygen atoms in total. The van der Waals surface area contributed by atoms with Crippen molar-refractivity contribution in [2.75, 3.05) is 23.4 Å². The summed E-state index contributed by atoms with van der Waals surface area (Å²) in [6.45, 7) is 6.28. The molecular weight excluding hydrogens is 294 g/mol. The number of benzene rings is 1. The zero-order chi connectivity index (χ0) is 15.8. The van der Waals surface area contributed by atoms with E-state index >= 15 is 0 Å². The first-order valence-electron chi connectivity index (χ1n) is 7.11. The summed E-state index contributed by atoms with van der Waals surface area (Å²) in [5.41, 5.74) is -0.177. The fourth-order valence-electron chi connectivity index (χ4n) is 1.77. The fraction of sp³-hybridized carbons (Fsp3) is 0.533. The van der Waals surface area contributed by atoms with Crippen LogP contribution >= 0.6 is 11.8 Å². The first-order valence-corrected chi connectivity index (χ1v) is 8.26. The monoisotopic (exact) mass is 316 g/mol. The van der Waals surface area contributed by atoms with Crippen molar-refractivity contribution >= 4 is 23.4 Å². The number of rotatable bonds is 8. The van der Waals surface area contributed by atoms with Crippen LogP contribution in [-0.4, -0.2) is 30.0 Å². The number of anilines is 1. The minimum absolute atomic E-state index is 0.000368. The van der Waals surface area contributed by atoms with Crippen LogP contribution < -0.4 is 10.6 Å². The van der Waals surface area contributed by atoms with Gasteiger partial charge in [0, 0.05) is 23.9 Å². The van der Waals surface area contributed by atoms with Crippen molar-refractivity contribution in [3.8, 4) is 0 Å². The molecule has 0 bridgehead atoms. The fourth-order valence-corrected chi connectivity index (χ4v) is 2.44. The van der Waals surface area contributed by atoms with Gasteiger partial charge in [-0.2, -0.15) is 11.8 Å². The molecule has 6 heteroatoms. The van der Waals surface area contributed by atoms with Crippen LogP contribution in [0, 0.1) is 11.6 Å². The average Bonchev–Trinajstić information content (AvgIpc) is 2.44. The van der Waals surface area contributed by atoms with E-state index in [0.29, 0.717) is 6.54 Å². The Morgan fingerprint density at radius 2 is 1.90 bits per heavy atom. The van der Waals surface area contributed by atoms with Gasteiger partial charge in [-0.15, -0.1) is 0 Å². The Kier molecular flexibility index (Phi) is 7.50. The second kappa shape index (κ2) is 8.87. The van der Waals surface area contributed by atoms with Crippen LogP contribution in [0.2, 0.25) is 0 Å². The number of hydrogen-bond donors (Lipinski definition) is 2. The summed E-state index contributed by atoms with van der Waals surface area (Å²) >= 11 is 1.70. The van der Waals surface area contributed by atoms with E-state index in [2.05, 4.69) is 10.6 Å². The van der Waals surface area contributed by atoms with Gasteiger partial charge in [-0.1, -0.05) is 13.8 Å². The minimum Gasteiger partial charge on any atom is -0.380 e. The SMILES string of the molecule is CCCNc1c(F)cc(C(=O)NC(C)CSCC)cc1F. The second-order valence-electron chi connectivity index (χ2n) is 4.78. The van der Waals surface area contributed by atoms with E-state index in [1.807, 2.05) is 20.8 Å². The lowest BCUT2D eigenvalue weighted by atomic mass is 10.1. The van der Waals surface area contributed by atoms with Crippen molar-refractivity contribution in [1.29, 1.82) is 0 Å². The third-order valence-corrected chi connectivity index (χ3v) is 3.95. The quantitative estimate of drug-likeness (QED) is 0.769. The number of hydrogen-bond acceptors (Lipinski definition) is 3. The topological polar surface area (TPSA) is 41.1 Å². The highest BCUT2D eigenvalue weighted by Gasteiger charge is 2.16. The van der Waals surface area contributed by atoms with Gasteiger partial charge in [0.05, 0.1) is 0 Å². The molecule has 1 amide bonds. The Balaban J connectivity index is 2.77. The van der Waals surface area contributed by atoms with Crippen LogP contribution in [0.5, 0.6) is 0 Å². The molecule has 1 rings (SSSR count). The number of carbonyl (C=O) groups is 1. The summed E-state index contributed by atoms with van der Waals surface area (Å²) in [7, 11) is 0. The maximum Gasteiger partial charge on any atom is 0.251 e. The molecule has 0 saturated heterocycles. The molecule has 1 aromatic rings. The van der Waals surface area contributed by atoms with E-state index in [9.17, 15) is 13.6 Å². The highest BCUT2D eigenvalue weighted by molar-refractivity contribution is 7.99. The summed E-state index contributed by atoms with van der Waals surface area (Å²) in [4.78, 5) is 12.0. The lowest BCUT2D eigenvalue weighted by Gasteiger charge is -2.14. The van der Waals surface area contributed by atoms with Crippen molar-refractivity contribution < 1.29 is 13.6 Å². The highest BCUT2D eigenvalue weighted by atomic mass is 32.2. The number of halogens is 2. The van der Waals surface area contributed by atoms with Crippen LogP contribution in [0.4, 0.5) is 14.5 Å². The summed E-state index contributed by atoms with van der Waals surface area (Å²) in [5, 5.41) is 5.42. The van der Waals surface area contributed by atoms with E-state index < -0.39 is 17.5 Å². The first kappa shape index (κ1) is 17.8. The second-order valence-corrected chi connectivity index (χ2v) is 6.09. The van der Waals surface area contributed by atoms with Gasteiger partial charge < -0.3 is 10.6 Å². The van der Waals surface area contributed by atoms with E-state index in [1.54, 1.807) is 11.8 Å². The smallest absolute Gasteiger partial charge is 0.251 e. The van der Waals surface area contributed by atoms with Crippen molar-refractivity contribution in [3.05, 3.63) is 29.3 Å². The van der Waals surface area contributed by atoms with E-state index in [4.69, 9.17) is 0 Å². The van der Waals surface area contributed by atoms with Gasteiger partial charge in [0.15, 0.2) is 0 Å². The normalized spacial score (nSPS) is 12.0. The molecule has 1 unspecified atom stereocenters. The predicted octanol–water partition coefficient (Wildman–Crippen LogP) is 3.66. The van der Waals surface area contributed by atoms with Gasteiger partial charge in [-0.05, 0) is 31.2 Å². The number of thioether (sulfide) groups is 1. The number of nitrogens with one attached hydrogen (secondary N) is 2. The predicted molar refractivity (Wildman–Crippen MR) is 85.1 cm³/mol. The maximum absolute atomic E-state index is 13.8. The molecule has 0 radical (unpaired) electrons. The zero-order valence-electron chi connectivity index (χ0n) is 12.6. The number of amides is 1. The molecule has 21 heavy (non-hydrogen) atoms. The zero-order valence-corrected chi connectivity index (χ0v) is 13.4. The van der Waals surface area contributed by atoms with Gasteiger partial charge in [0.1, 0.15) is 17.3 Å². The van der Waals surface area contributed by atoms with Gasteiger partial charge in [-0.25, -0.2) is 8.78 Å². The Morgan fingerprint density at radius 1 is 1.29 bits per heavy atom. The van der Waals surface area contributed by atoms with Crippen LogP contribution in [0.3, 0.4) is 0 Å². The minimum atomic E-state index is -0.746. The summed E-state index contributed by atoms with van der Waals surface area (Å²) < 4.78 is 27.7. The molecule has 0 saturated carbocycles. The third-order valence-electron chi connectivity index (χ3n) is 2.81. The molecule has 0 aromatic heterocycles. The Morgan fingerprint density at radius 3 is 2.43 bits per heavy atom. The van der Waals surface area contributed by atoms with Gasteiger partial charge >= 0.3 is 0 Å². The molecule has 1 atom stereocenters. The van der Waals surface area contributed by atoms with E-state index in [1.165, 1.54) is 0 Å². The molecule has 0 aliphatic rings. The summed E-state index contributed by atoms with van der Waals surface area (Å²) in [6, 6.07) is 2.08. The lowest BCUT2D eigenvalue weighted by Crippen LogP contribution is -2.34. The standard InChI is InChI=1S/C15H22F2N2OS/c1-4-6-18-14-12(16)7-11(8-13(14)17)15(20)19-10(3)9-21-5-2/h7-8,10,18H,4-6,9H2,1-3H3,(H,19,20). The summed E-state index contributed by atoms with van der Waals surface area (Å²) in [6.07, 6.45) is 0.758. The Bertz CT molecular complexity index is 460. The van der Waals surface area contributed by atoms with Gasteiger partial charge in [0.2, 0.25) is 0 Å². The molecule has 0 aliphatic carbocycles. The largest absolute Gasteiger partial charge is 0.380 e. The van der Waals surface area contributed by atoms with Crippen LogP contribution in [0.1, 0.15) is 37.6 Å². The van der Waals surface area contributed by atoms with Crippen LogP contribution in [0.25, 0.3) is 0 Å². The third kappa shape index (κ3) is 5.53. The first-order chi connectivity index (χ1) is 9.99. The van der Waals surface area contributed by atoms with Gasteiger partial charge in [-0.3, -0.25) is 4.79 Å². The van der Waals surface area contributed by atoms with Crippen molar-refractivity contribution in [1.82, 2.24) is 5.32 Å². The molecule has 2 N–H and O–H groups in total. The van der Waals surface area contributed by atoms with E-state index in [-0.39, 0.29) is 17.3 Å². The van der Waals surface area contributed by atoms with Crippen LogP contribution in [0.15, 0.2) is 12.1 Å². The van der Waals surface area contributed by atoms with Crippen molar-refractivity contribution in [2.24, 2.45) is 0 Å². The molecule has 0 aliphatic heterocycles. The Labute approximate surface area is 128 Å². The molecule has 0 fully saturated rings. The Hall–Kier alpha value is -1.30. The molecule has 0 spiro atoms. The molecular formula is C15H22F2N2OS. The average molecular weight is 316 g/mol. The maximum atomic E-state index is 13.8. The number of carbonyl (C=O) groups excluding carboxylic acids is 1. The highest BCUT2D eigenvalue weighted by Crippen LogP contribution is 2.21. The lowest BCUT2D eigenvalue weighted by molar-refractivity contribution is 0.0943. The molecule has 1 aromatic carbocycles.